The second-order valence-electron chi connectivity index (χ2n) is 4.95. The summed E-state index contributed by atoms with van der Waals surface area (Å²) in [5, 5.41) is 0. The number of carbonyl (C=O) groups excluding carboxylic acids is 1. The van der Waals surface area contributed by atoms with E-state index in [0.29, 0.717) is 5.69 Å². The second kappa shape index (κ2) is 8.15. The first-order valence-corrected chi connectivity index (χ1v) is 6.88. The van der Waals surface area contributed by atoms with Crippen molar-refractivity contribution in [2.45, 2.75) is 34.6 Å². The average molecular weight is 286 g/mol. The zero-order valence-electron chi connectivity index (χ0n) is 13.3. The van der Waals surface area contributed by atoms with Gasteiger partial charge in [0.25, 0.3) is 0 Å². The molecule has 0 aliphatic heterocycles. The molecule has 1 aromatic rings. The van der Waals surface area contributed by atoms with Gasteiger partial charge >= 0.3 is 5.97 Å². The molecule has 0 spiro atoms. The van der Waals surface area contributed by atoms with Crippen LogP contribution in [-0.2, 0) is 4.74 Å². The SMILES string of the molecule is C/C=C(C)/C(N=C(C)C)=C(\C)COC(=O)c1ccccn1. The molecule has 0 saturated heterocycles. The zero-order valence-corrected chi connectivity index (χ0v) is 13.3. The maximum Gasteiger partial charge on any atom is 0.357 e. The average Bonchev–Trinajstić information content (AvgIpc) is 2.49. The Balaban J connectivity index is 2.86. The van der Waals surface area contributed by atoms with Crippen molar-refractivity contribution in [3.63, 3.8) is 0 Å². The Kier molecular flexibility index (Phi) is 6.53. The maximum atomic E-state index is 11.9. The molecule has 0 radical (unpaired) electrons. The molecule has 0 unspecified atom stereocenters. The quantitative estimate of drug-likeness (QED) is 0.467. The summed E-state index contributed by atoms with van der Waals surface area (Å²) in [7, 11) is 0. The molecule has 4 heteroatoms. The molecule has 1 rings (SSSR count). The number of esters is 1. The lowest BCUT2D eigenvalue weighted by Crippen LogP contribution is -2.10. The van der Waals surface area contributed by atoms with Crippen LogP contribution in [0.25, 0.3) is 0 Å². The van der Waals surface area contributed by atoms with Crippen LogP contribution < -0.4 is 0 Å². The summed E-state index contributed by atoms with van der Waals surface area (Å²) < 4.78 is 5.29. The van der Waals surface area contributed by atoms with E-state index in [0.717, 1.165) is 22.6 Å². The number of carbonyl (C=O) groups is 1. The molecule has 0 amide bonds. The highest BCUT2D eigenvalue weighted by atomic mass is 16.5. The van der Waals surface area contributed by atoms with Gasteiger partial charge in [-0.05, 0) is 57.9 Å². The first-order valence-electron chi connectivity index (χ1n) is 6.88. The molecule has 0 aliphatic rings. The summed E-state index contributed by atoms with van der Waals surface area (Å²) >= 11 is 0. The number of allylic oxidation sites excluding steroid dienone is 2. The fraction of sp³-hybridized carbons (Fsp3) is 0.353. The van der Waals surface area contributed by atoms with Crippen molar-refractivity contribution in [2.75, 3.05) is 6.61 Å². The highest BCUT2D eigenvalue weighted by Gasteiger charge is 2.10. The first-order chi connectivity index (χ1) is 9.95. The first kappa shape index (κ1) is 16.8. The number of pyridine rings is 1. The lowest BCUT2D eigenvalue weighted by atomic mass is 10.1. The molecular weight excluding hydrogens is 264 g/mol. The molecule has 0 bridgehead atoms. The summed E-state index contributed by atoms with van der Waals surface area (Å²) in [5.41, 5.74) is 4.11. The third-order valence-corrected chi connectivity index (χ3v) is 2.84. The van der Waals surface area contributed by atoms with Gasteiger partial charge in [-0.3, -0.25) is 4.99 Å². The molecule has 0 aliphatic carbocycles. The Hall–Kier alpha value is -2.23. The molecular formula is C17H22N2O2. The van der Waals surface area contributed by atoms with E-state index in [9.17, 15) is 4.79 Å². The number of aromatic nitrogens is 1. The van der Waals surface area contributed by atoms with Crippen LogP contribution in [0, 0.1) is 0 Å². The molecule has 0 fully saturated rings. The number of hydrogen-bond acceptors (Lipinski definition) is 4. The lowest BCUT2D eigenvalue weighted by molar-refractivity contribution is 0.0532. The highest BCUT2D eigenvalue weighted by molar-refractivity contribution is 5.87. The van der Waals surface area contributed by atoms with Crippen molar-refractivity contribution in [3.05, 3.63) is 53.0 Å². The van der Waals surface area contributed by atoms with E-state index in [4.69, 9.17) is 4.74 Å². The Morgan fingerprint density at radius 3 is 2.52 bits per heavy atom. The van der Waals surface area contributed by atoms with E-state index in [-0.39, 0.29) is 6.61 Å². The summed E-state index contributed by atoms with van der Waals surface area (Å²) in [5.74, 6) is -0.426. The molecule has 21 heavy (non-hydrogen) atoms. The maximum absolute atomic E-state index is 11.9. The zero-order chi connectivity index (χ0) is 15.8. The van der Waals surface area contributed by atoms with E-state index in [1.807, 2.05) is 40.7 Å². The minimum Gasteiger partial charge on any atom is -0.456 e. The summed E-state index contributed by atoms with van der Waals surface area (Å²) in [6.07, 6.45) is 3.56. The summed E-state index contributed by atoms with van der Waals surface area (Å²) in [4.78, 5) is 20.4. The monoisotopic (exact) mass is 286 g/mol. The van der Waals surface area contributed by atoms with Gasteiger partial charge in [0, 0.05) is 11.9 Å². The number of ether oxygens (including phenoxy) is 1. The summed E-state index contributed by atoms with van der Waals surface area (Å²) in [6, 6.07) is 5.15. The number of aliphatic imine (C=N–C) groups is 1. The highest BCUT2D eigenvalue weighted by Crippen LogP contribution is 2.17. The fourth-order valence-electron chi connectivity index (χ4n) is 1.68. The van der Waals surface area contributed by atoms with Crippen LogP contribution in [0.3, 0.4) is 0 Å². The standard InChI is InChI=1S/C17H22N2O2/c1-6-13(4)16(19-12(2)3)14(5)11-21-17(20)15-9-7-8-10-18-15/h6-10H,11H2,1-5H3/b13-6+,16-14-. The number of hydrogen-bond donors (Lipinski definition) is 0. The molecule has 4 nitrogen and oxygen atoms in total. The van der Waals surface area contributed by atoms with Crippen molar-refractivity contribution in [2.24, 2.45) is 4.99 Å². The second-order valence-corrected chi connectivity index (χ2v) is 4.95. The van der Waals surface area contributed by atoms with Crippen LogP contribution in [0.5, 0.6) is 0 Å². The van der Waals surface area contributed by atoms with Gasteiger partial charge in [0.1, 0.15) is 12.3 Å². The largest absolute Gasteiger partial charge is 0.456 e. The molecule has 112 valence electrons. The molecule has 0 atom stereocenters. The van der Waals surface area contributed by atoms with Crippen LogP contribution in [-0.4, -0.2) is 23.3 Å². The predicted octanol–water partition coefficient (Wildman–Crippen LogP) is 3.96. The van der Waals surface area contributed by atoms with Gasteiger partial charge in [-0.25, -0.2) is 9.78 Å². The van der Waals surface area contributed by atoms with E-state index in [2.05, 4.69) is 9.98 Å². The van der Waals surface area contributed by atoms with Crippen LogP contribution in [0.4, 0.5) is 0 Å². The minimum atomic E-state index is -0.426. The topological polar surface area (TPSA) is 51.5 Å². The Morgan fingerprint density at radius 1 is 1.29 bits per heavy atom. The molecule has 1 heterocycles. The fourth-order valence-corrected chi connectivity index (χ4v) is 1.68. The Bertz CT molecular complexity index is 580. The van der Waals surface area contributed by atoms with E-state index < -0.39 is 5.97 Å². The minimum absolute atomic E-state index is 0.201. The van der Waals surface area contributed by atoms with Crippen LogP contribution in [0.1, 0.15) is 45.1 Å². The molecule has 0 aromatic carbocycles. The van der Waals surface area contributed by atoms with Crippen molar-refractivity contribution in [1.29, 1.82) is 0 Å². The Morgan fingerprint density at radius 2 is 2.00 bits per heavy atom. The Labute approximate surface area is 126 Å². The third kappa shape index (κ3) is 5.34. The molecule has 0 saturated carbocycles. The predicted molar refractivity (Wildman–Crippen MR) is 85.4 cm³/mol. The summed E-state index contributed by atoms with van der Waals surface area (Å²) in [6.45, 7) is 9.95. The van der Waals surface area contributed by atoms with E-state index in [1.165, 1.54) is 0 Å². The lowest BCUT2D eigenvalue weighted by Gasteiger charge is -2.10. The smallest absolute Gasteiger partial charge is 0.357 e. The van der Waals surface area contributed by atoms with Gasteiger partial charge in [-0.15, -0.1) is 0 Å². The van der Waals surface area contributed by atoms with Crippen molar-refractivity contribution in [1.82, 2.24) is 4.98 Å². The van der Waals surface area contributed by atoms with Crippen LogP contribution in [0.2, 0.25) is 0 Å². The van der Waals surface area contributed by atoms with Gasteiger partial charge in [0.15, 0.2) is 0 Å². The molecule has 1 aromatic heterocycles. The van der Waals surface area contributed by atoms with Crippen molar-refractivity contribution >= 4 is 11.7 Å². The van der Waals surface area contributed by atoms with E-state index in [1.54, 1.807) is 24.4 Å². The number of rotatable bonds is 5. The van der Waals surface area contributed by atoms with Crippen molar-refractivity contribution in [3.8, 4) is 0 Å². The normalized spacial score (nSPS) is 12.5. The van der Waals surface area contributed by atoms with Crippen LogP contribution in [0.15, 0.2) is 52.3 Å². The third-order valence-electron chi connectivity index (χ3n) is 2.84. The van der Waals surface area contributed by atoms with Crippen molar-refractivity contribution < 1.29 is 9.53 Å². The van der Waals surface area contributed by atoms with E-state index >= 15 is 0 Å². The number of nitrogens with zero attached hydrogens (tertiary/aromatic N) is 2. The van der Waals surface area contributed by atoms with Gasteiger partial charge in [0.2, 0.25) is 0 Å². The van der Waals surface area contributed by atoms with Crippen LogP contribution >= 0.6 is 0 Å². The molecule has 0 N–H and O–H groups in total. The van der Waals surface area contributed by atoms with Gasteiger partial charge < -0.3 is 4.74 Å². The van der Waals surface area contributed by atoms with Gasteiger partial charge in [-0.2, -0.15) is 0 Å². The van der Waals surface area contributed by atoms with Gasteiger partial charge in [-0.1, -0.05) is 12.1 Å². The van der Waals surface area contributed by atoms with Gasteiger partial charge in [0.05, 0.1) is 5.70 Å².